The molecule has 1 spiro atoms. The van der Waals surface area contributed by atoms with Crippen LogP contribution in [0, 0.1) is 0 Å². The van der Waals surface area contributed by atoms with Crippen LogP contribution in [0.15, 0.2) is 36.4 Å². The number of hydrogen-bond donors (Lipinski definition) is 0. The lowest BCUT2D eigenvalue weighted by Crippen LogP contribution is -2.09. The number of thioether (sulfide) groups is 1. The van der Waals surface area contributed by atoms with Crippen molar-refractivity contribution in [2.24, 2.45) is 0 Å². The second-order valence-electron chi connectivity index (χ2n) is 4.27. The fourth-order valence-corrected chi connectivity index (χ4v) is 3.41. The van der Waals surface area contributed by atoms with Crippen LogP contribution in [0.1, 0.15) is 24.8 Å². The van der Waals surface area contributed by atoms with E-state index in [4.69, 9.17) is 0 Å². The average molecular weight is 202 g/mol. The molecule has 0 bridgehead atoms. The van der Waals surface area contributed by atoms with E-state index in [-0.39, 0.29) is 0 Å². The topological polar surface area (TPSA) is 0 Å². The van der Waals surface area contributed by atoms with E-state index in [1.165, 1.54) is 30.6 Å². The third-order valence-corrected chi connectivity index (χ3v) is 4.68. The quantitative estimate of drug-likeness (QED) is 0.668. The summed E-state index contributed by atoms with van der Waals surface area (Å²) in [6, 6.07) is 10.8. The molecule has 1 aromatic carbocycles. The zero-order valence-corrected chi connectivity index (χ0v) is 9.02. The minimum Gasteiger partial charge on any atom is -0.151 e. The first-order valence-electron chi connectivity index (χ1n) is 5.26. The second-order valence-corrected chi connectivity index (χ2v) is 5.75. The van der Waals surface area contributed by atoms with Gasteiger partial charge >= 0.3 is 0 Å². The van der Waals surface area contributed by atoms with Crippen molar-refractivity contribution < 1.29 is 0 Å². The molecule has 1 aromatic rings. The van der Waals surface area contributed by atoms with Crippen molar-refractivity contribution in [3.05, 3.63) is 42.0 Å². The molecule has 1 aliphatic heterocycles. The molecule has 1 heteroatoms. The van der Waals surface area contributed by atoms with E-state index < -0.39 is 0 Å². The normalized spacial score (nSPS) is 23.3. The SMILES string of the molecule is C1=C(c2ccccc2)CC2(CC2)SC1. The summed E-state index contributed by atoms with van der Waals surface area (Å²) in [6.45, 7) is 0. The molecule has 14 heavy (non-hydrogen) atoms. The van der Waals surface area contributed by atoms with Gasteiger partial charge in [-0.25, -0.2) is 0 Å². The predicted molar refractivity (Wildman–Crippen MR) is 63.5 cm³/mol. The largest absolute Gasteiger partial charge is 0.151 e. The average Bonchev–Trinajstić information content (AvgIpc) is 2.99. The summed E-state index contributed by atoms with van der Waals surface area (Å²) in [6.07, 6.45) is 6.56. The van der Waals surface area contributed by atoms with Gasteiger partial charge in [-0.1, -0.05) is 36.4 Å². The van der Waals surface area contributed by atoms with Crippen LogP contribution in [0.2, 0.25) is 0 Å². The molecule has 0 aromatic heterocycles. The summed E-state index contributed by atoms with van der Waals surface area (Å²) in [5.74, 6) is 1.21. The van der Waals surface area contributed by atoms with E-state index in [0.29, 0.717) is 4.75 Å². The molecule has 1 saturated carbocycles. The van der Waals surface area contributed by atoms with Gasteiger partial charge in [0.25, 0.3) is 0 Å². The van der Waals surface area contributed by atoms with E-state index in [0.717, 1.165) is 0 Å². The lowest BCUT2D eigenvalue weighted by molar-refractivity contribution is 0.928. The highest BCUT2D eigenvalue weighted by Gasteiger charge is 2.44. The highest BCUT2D eigenvalue weighted by Crippen LogP contribution is 2.56. The molecule has 0 saturated heterocycles. The number of hydrogen-bond acceptors (Lipinski definition) is 1. The molecular formula is C13H14S. The monoisotopic (exact) mass is 202 g/mol. The first-order chi connectivity index (χ1) is 6.88. The molecule has 0 radical (unpaired) electrons. The molecule has 72 valence electrons. The maximum atomic E-state index is 2.41. The summed E-state index contributed by atoms with van der Waals surface area (Å²) in [5, 5.41) is 0. The van der Waals surface area contributed by atoms with Gasteiger partial charge in [0.05, 0.1) is 0 Å². The molecular weight excluding hydrogens is 188 g/mol. The number of benzene rings is 1. The van der Waals surface area contributed by atoms with E-state index in [9.17, 15) is 0 Å². The van der Waals surface area contributed by atoms with Crippen LogP contribution in [0.5, 0.6) is 0 Å². The molecule has 2 aliphatic rings. The van der Waals surface area contributed by atoms with Crippen molar-refractivity contribution in [2.75, 3.05) is 5.75 Å². The summed E-state index contributed by atoms with van der Waals surface area (Å²) in [5.41, 5.74) is 3.00. The van der Waals surface area contributed by atoms with Crippen molar-refractivity contribution in [1.29, 1.82) is 0 Å². The first-order valence-corrected chi connectivity index (χ1v) is 6.25. The maximum absolute atomic E-state index is 2.41. The summed E-state index contributed by atoms with van der Waals surface area (Å²) in [7, 11) is 0. The van der Waals surface area contributed by atoms with Crippen LogP contribution in [-0.4, -0.2) is 10.5 Å². The van der Waals surface area contributed by atoms with E-state index in [1.807, 2.05) is 0 Å². The Morgan fingerprint density at radius 3 is 2.57 bits per heavy atom. The van der Waals surface area contributed by atoms with Crippen molar-refractivity contribution in [1.82, 2.24) is 0 Å². The highest BCUT2D eigenvalue weighted by atomic mass is 32.2. The van der Waals surface area contributed by atoms with Gasteiger partial charge < -0.3 is 0 Å². The Bertz CT molecular complexity index is 360. The van der Waals surface area contributed by atoms with Gasteiger partial charge in [0.2, 0.25) is 0 Å². The van der Waals surface area contributed by atoms with Crippen LogP contribution in [-0.2, 0) is 0 Å². The molecule has 0 atom stereocenters. The lowest BCUT2D eigenvalue weighted by atomic mass is 9.99. The van der Waals surface area contributed by atoms with Crippen molar-refractivity contribution >= 4 is 17.3 Å². The third kappa shape index (κ3) is 1.50. The number of rotatable bonds is 1. The van der Waals surface area contributed by atoms with Gasteiger partial charge in [0.15, 0.2) is 0 Å². The van der Waals surface area contributed by atoms with Crippen LogP contribution in [0.25, 0.3) is 5.57 Å². The third-order valence-electron chi connectivity index (χ3n) is 3.18. The first kappa shape index (κ1) is 8.60. The van der Waals surface area contributed by atoms with E-state index in [1.54, 1.807) is 5.57 Å². The van der Waals surface area contributed by atoms with Gasteiger partial charge in [-0.3, -0.25) is 0 Å². The minimum absolute atomic E-state index is 0.653. The Morgan fingerprint density at radius 1 is 1.07 bits per heavy atom. The maximum Gasteiger partial charge on any atom is 0.0204 e. The fourth-order valence-electron chi connectivity index (χ4n) is 2.12. The van der Waals surface area contributed by atoms with Gasteiger partial charge in [-0.05, 0) is 30.4 Å². The molecule has 0 amide bonds. The van der Waals surface area contributed by atoms with Crippen molar-refractivity contribution in [3.63, 3.8) is 0 Å². The van der Waals surface area contributed by atoms with Crippen LogP contribution in [0.4, 0.5) is 0 Å². The Kier molecular flexibility index (Phi) is 1.94. The smallest absolute Gasteiger partial charge is 0.0204 e. The Balaban J connectivity index is 1.88. The Labute approximate surface area is 89.4 Å². The molecule has 1 heterocycles. The number of allylic oxidation sites excluding steroid dienone is 1. The minimum atomic E-state index is 0.653. The predicted octanol–water partition coefficient (Wildman–Crippen LogP) is 3.74. The van der Waals surface area contributed by atoms with Crippen LogP contribution < -0.4 is 0 Å². The summed E-state index contributed by atoms with van der Waals surface area (Å²) in [4.78, 5) is 0. The summed E-state index contributed by atoms with van der Waals surface area (Å²) >= 11 is 2.15. The second kappa shape index (κ2) is 3.16. The Hall–Kier alpha value is -0.690. The van der Waals surface area contributed by atoms with Crippen LogP contribution in [0.3, 0.4) is 0 Å². The lowest BCUT2D eigenvalue weighted by Gasteiger charge is -2.21. The molecule has 3 rings (SSSR count). The van der Waals surface area contributed by atoms with Gasteiger partial charge in [-0.2, -0.15) is 11.8 Å². The van der Waals surface area contributed by atoms with Crippen molar-refractivity contribution in [3.8, 4) is 0 Å². The molecule has 0 unspecified atom stereocenters. The molecule has 0 N–H and O–H groups in total. The van der Waals surface area contributed by atoms with E-state index >= 15 is 0 Å². The van der Waals surface area contributed by atoms with Gasteiger partial charge in [-0.15, -0.1) is 0 Å². The molecule has 1 aliphatic carbocycles. The standard InChI is InChI=1S/C13H14S/c1-2-4-11(5-3-1)12-6-9-14-13(10-12)7-8-13/h1-6H,7-10H2. The zero-order chi connectivity index (χ0) is 9.43. The molecule has 1 fully saturated rings. The molecule has 0 nitrogen and oxygen atoms in total. The summed E-state index contributed by atoms with van der Waals surface area (Å²) < 4.78 is 0.653. The zero-order valence-electron chi connectivity index (χ0n) is 8.20. The van der Waals surface area contributed by atoms with Crippen LogP contribution >= 0.6 is 11.8 Å². The van der Waals surface area contributed by atoms with Crippen molar-refractivity contribution in [2.45, 2.75) is 24.0 Å². The van der Waals surface area contributed by atoms with Gasteiger partial charge in [0, 0.05) is 10.5 Å². The Morgan fingerprint density at radius 2 is 1.86 bits per heavy atom. The highest BCUT2D eigenvalue weighted by molar-refractivity contribution is 8.01. The fraction of sp³-hybridized carbons (Fsp3) is 0.385. The van der Waals surface area contributed by atoms with E-state index in [2.05, 4.69) is 48.2 Å². The van der Waals surface area contributed by atoms with Gasteiger partial charge in [0.1, 0.15) is 0 Å².